The zero-order valence-electron chi connectivity index (χ0n) is 10.2. The van der Waals surface area contributed by atoms with Crippen LogP contribution in [-0.4, -0.2) is 34.4 Å². The number of carbonyl (C=O) groups is 2. The van der Waals surface area contributed by atoms with Crippen molar-refractivity contribution in [3.8, 4) is 0 Å². The number of carboxylic acid groups (broad SMARTS) is 1. The molecule has 0 heterocycles. The van der Waals surface area contributed by atoms with Crippen LogP contribution in [0.15, 0.2) is 16.6 Å². The first-order chi connectivity index (χ1) is 9.22. The molecule has 2 atom stereocenters. The largest absolute Gasteiger partial charge is 0.480 e. The number of amides is 2. The highest BCUT2D eigenvalue weighted by atomic mass is 79.9. The van der Waals surface area contributed by atoms with Crippen molar-refractivity contribution in [1.82, 2.24) is 5.32 Å². The summed E-state index contributed by atoms with van der Waals surface area (Å²) in [7, 11) is 0. The number of hydrogen-bond acceptors (Lipinski definition) is 3. The summed E-state index contributed by atoms with van der Waals surface area (Å²) in [5, 5.41) is 21.7. The van der Waals surface area contributed by atoms with Gasteiger partial charge in [0.1, 0.15) is 5.69 Å². The van der Waals surface area contributed by atoms with Gasteiger partial charge in [0, 0.05) is 4.47 Å². The Hall–Kier alpha value is -1.74. The van der Waals surface area contributed by atoms with Gasteiger partial charge in [0.25, 0.3) is 0 Å². The second-order valence-electron chi connectivity index (χ2n) is 3.90. The Labute approximate surface area is 120 Å². The molecule has 0 aliphatic rings. The molecule has 4 N–H and O–H groups in total. The lowest BCUT2D eigenvalue weighted by atomic mass is 10.2. The molecule has 1 rings (SSSR count). The van der Waals surface area contributed by atoms with Crippen LogP contribution in [0.4, 0.5) is 19.3 Å². The highest BCUT2D eigenvalue weighted by Gasteiger charge is 2.25. The summed E-state index contributed by atoms with van der Waals surface area (Å²) in [6.07, 6.45) is -1.38. The monoisotopic (exact) mass is 352 g/mol. The minimum atomic E-state index is -1.60. The topological polar surface area (TPSA) is 98.7 Å². The van der Waals surface area contributed by atoms with E-state index in [9.17, 15) is 18.4 Å². The first-order valence-corrected chi connectivity index (χ1v) is 6.14. The number of aliphatic carboxylic acids is 1. The van der Waals surface area contributed by atoms with Gasteiger partial charge in [0.2, 0.25) is 0 Å². The van der Waals surface area contributed by atoms with E-state index >= 15 is 0 Å². The first kappa shape index (κ1) is 16.3. The van der Waals surface area contributed by atoms with E-state index in [1.807, 2.05) is 10.6 Å². The highest BCUT2D eigenvalue weighted by Crippen LogP contribution is 2.23. The Morgan fingerprint density at radius 3 is 2.20 bits per heavy atom. The number of carboxylic acids is 1. The summed E-state index contributed by atoms with van der Waals surface area (Å²) in [4.78, 5) is 22.2. The van der Waals surface area contributed by atoms with Gasteiger partial charge in [-0.05, 0) is 19.1 Å². The fourth-order valence-corrected chi connectivity index (χ4v) is 1.74. The van der Waals surface area contributed by atoms with Gasteiger partial charge in [-0.2, -0.15) is 0 Å². The summed E-state index contributed by atoms with van der Waals surface area (Å²) < 4.78 is 27.0. The number of halogens is 3. The van der Waals surface area contributed by atoms with E-state index in [4.69, 9.17) is 10.2 Å². The van der Waals surface area contributed by atoms with Crippen molar-refractivity contribution in [2.75, 3.05) is 5.32 Å². The van der Waals surface area contributed by atoms with Gasteiger partial charge >= 0.3 is 12.0 Å². The molecule has 0 unspecified atom stereocenters. The van der Waals surface area contributed by atoms with E-state index in [0.717, 1.165) is 19.1 Å². The first-order valence-electron chi connectivity index (χ1n) is 5.35. The molecule has 0 aliphatic carbocycles. The summed E-state index contributed by atoms with van der Waals surface area (Å²) >= 11 is 2.87. The number of carbonyl (C=O) groups excluding carboxylic acids is 1. The Morgan fingerprint density at radius 1 is 1.30 bits per heavy atom. The second-order valence-corrected chi connectivity index (χ2v) is 4.82. The van der Waals surface area contributed by atoms with Crippen LogP contribution in [0.25, 0.3) is 0 Å². The molecule has 20 heavy (non-hydrogen) atoms. The number of rotatable bonds is 4. The van der Waals surface area contributed by atoms with E-state index in [-0.39, 0.29) is 4.47 Å². The summed E-state index contributed by atoms with van der Waals surface area (Å²) in [6.45, 7) is 1.15. The molecule has 9 heteroatoms. The number of anilines is 1. The van der Waals surface area contributed by atoms with Gasteiger partial charge in [-0.25, -0.2) is 18.4 Å². The summed E-state index contributed by atoms with van der Waals surface area (Å²) in [6, 6.07) is -0.889. The van der Waals surface area contributed by atoms with Crippen molar-refractivity contribution in [2.45, 2.75) is 19.1 Å². The van der Waals surface area contributed by atoms with Gasteiger partial charge in [-0.3, -0.25) is 0 Å². The summed E-state index contributed by atoms with van der Waals surface area (Å²) in [5.41, 5.74) is -0.722. The maximum atomic E-state index is 13.4. The van der Waals surface area contributed by atoms with E-state index in [1.165, 1.54) is 0 Å². The SMILES string of the molecule is C[C@@H](O)[C@H](NC(=O)Nc1c(F)cc(Br)cc1F)C(=O)O. The maximum absolute atomic E-state index is 13.4. The number of aliphatic hydroxyl groups excluding tert-OH is 1. The molecule has 2 amide bonds. The molecular weight excluding hydrogens is 342 g/mol. The lowest BCUT2D eigenvalue weighted by Crippen LogP contribution is -2.49. The van der Waals surface area contributed by atoms with Gasteiger partial charge in [-0.15, -0.1) is 0 Å². The van der Waals surface area contributed by atoms with Crippen molar-refractivity contribution in [1.29, 1.82) is 0 Å². The second kappa shape index (κ2) is 6.62. The number of benzene rings is 1. The molecular formula is C11H11BrF2N2O4. The van der Waals surface area contributed by atoms with Crippen molar-refractivity contribution in [3.05, 3.63) is 28.2 Å². The molecule has 1 aromatic carbocycles. The standard InChI is InChI=1S/C11H11BrF2N2O4/c1-4(17)8(10(18)19)15-11(20)16-9-6(13)2-5(12)3-7(9)14/h2-4,8,17H,1H3,(H,18,19)(H2,15,16,20)/t4-,8+/m1/s1. The van der Waals surface area contributed by atoms with Crippen LogP contribution in [0.1, 0.15) is 6.92 Å². The third-order valence-corrected chi connectivity index (χ3v) is 2.74. The van der Waals surface area contributed by atoms with Crippen molar-refractivity contribution >= 4 is 33.6 Å². The predicted octanol–water partition coefficient (Wildman–Crippen LogP) is 1.68. The minimum absolute atomic E-state index is 0.144. The van der Waals surface area contributed by atoms with Crippen LogP contribution in [0.3, 0.4) is 0 Å². The van der Waals surface area contributed by atoms with Crippen LogP contribution in [0.5, 0.6) is 0 Å². The Morgan fingerprint density at radius 2 is 1.80 bits per heavy atom. The molecule has 1 aromatic rings. The maximum Gasteiger partial charge on any atom is 0.328 e. The Bertz CT molecular complexity index is 516. The van der Waals surface area contributed by atoms with Crippen LogP contribution in [0.2, 0.25) is 0 Å². The molecule has 0 aliphatic heterocycles. The normalized spacial score (nSPS) is 13.4. The molecule has 0 saturated carbocycles. The van der Waals surface area contributed by atoms with Crippen LogP contribution in [0, 0.1) is 11.6 Å². The van der Waals surface area contributed by atoms with Gasteiger partial charge in [-0.1, -0.05) is 15.9 Å². The molecule has 0 aromatic heterocycles. The number of aliphatic hydroxyl groups is 1. The van der Waals surface area contributed by atoms with Gasteiger partial charge < -0.3 is 20.8 Å². The van der Waals surface area contributed by atoms with E-state index in [0.29, 0.717) is 0 Å². The average molecular weight is 353 g/mol. The van der Waals surface area contributed by atoms with Crippen molar-refractivity contribution in [2.24, 2.45) is 0 Å². The zero-order chi connectivity index (χ0) is 15.4. The fraction of sp³-hybridized carbons (Fsp3) is 0.273. The van der Waals surface area contributed by atoms with Crippen molar-refractivity contribution in [3.63, 3.8) is 0 Å². The smallest absolute Gasteiger partial charge is 0.328 e. The van der Waals surface area contributed by atoms with Crippen LogP contribution in [-0.2, 0) is 4.79 Å². The molecule has 0 fully saturated rings. The molecule has 0 radical (unpaired) electrons. The number of hydrogen-bond donors (Lipinski definition) is 4. The van der Waals surface area contributed by atoms with Crippen molar-refractivity contribution < 1.29 is 28.6 Å². The van der Waals surface area contributed by atoms with E-state index in [1.54, 1.807) is 0 Å². The van der Waals surface area contributed by atoms with Crippen LogP contribution >= 0.6 is 15.9 Å². The Kier molecular flexibility index (Phi) is 5.40. The molecule has 110 valence electrons. The quantitative estimate of drug-likeness (QED) is 0.662. The third-order valence-electron chi connectivity index (χ3n) is 2.28. The van der Waals surface area contributed by atoms with Gasteiger partial charge in [0.15, 0.2) is 17.7 Å². The highest BCUT2D eigenvalue weighted by molar-refractivity contribution is 9.10. The van der Waals surface area contributed by atoms with E-state index < -0.39 is 41.5 Å². The average Bonchev–Trinajstić information content (AvgIpc) is 2.29. The predicted molar refractivity (Wildman–Crippen MR) is 69.3 cm³/mol. The van der Waals surface area contributed by atoms with E-state index in [2.05, 4.69) is 15.9 Å². The molecule has 0 bridgehead atoms. The zero-order valence-corrected chi connectivity index (χ0v) is 11.7. The van der Waals surface area contributed by atoms with Gasteiger partial charge in [0.05, 0.1) is 6.10 Å². The number of urea groups is 1. The minimum Gasteiger partial charge on any atom is -0.480 e. The fourth-order valence-electron chi connectivity index (χ4n) is 1.34. The van der Waals surface area contributed by atoms with Crippen LogP contribution < -0.4 is 10.6 Å². The number of nitrogens with one attached hydrogen (secondary N) is 2. The Balaban J connectivity index is 2.84. The third kappa shape index (κ3) is 4.14. The lowest BCUT2D eigenvalue weighted by molar-refractivity contribution is -0.141. The molecule has 0 saturated heterocycles. The lowest BCUT2D eigenvalue weighted by Gasteiger charge is -2.17. The molecule has 6 nitrogen and oxygen atoms in total. The molecule has 0 spiro atoms. The summed E-state index contributed by atoms with van der Waals surface area (Å²) in [5.74, 6) is -3.54.